The zero-order chi connectivity index (χ0) is 27.1. The number of likely N-dealkylation sites (N-methyl/N-ethyl adjacent to an activating group) is 1. The molecular formula is C26H30F2N4O5. The van der Waals surface area contributed by atoms with E-state index >= 15 is 0 Å². The number of methoxy groups -OCH3 is 1. The van der Waals surface area contributed by atoms with Crippen LogP contribution in [0.25, 0.3) is 0 Å². The number of amides is 3. The third-order valence-electron chi connectivity index (χ3n) is 5.94. The minimum atomic E-state index is -0.770. The zero-order valence-corrected chi connectivity index (χ0v) is 21.1. The van der Waals surface area contributed by atoms with Crippen LogP contribution in [0.4, 0.5) is 19.3 Å². The van der Waals surface area contributed by atoms with E-state index in [9.17, 15) is 23.5 Å². The van der Waals surface area contributed by atoms with Gasteiger partial charge >= 0.3 is 6.03 Å². The van der Waals surface area contributed by atoms with Crippen LogP contribution in [0.1, 0.15) is 29.8 Å². The Kier molecular flexibility index (Phi) is 9.38. The van der Waals surface area contributed by atoms with E-state index in [0.29, 0.717) is 5.56 Å². The van der Waals surface area contributed by atoms with Crippen molar-refractivity contribution >= 4 is 17.6 Å². The number of hydrogen-bond acceptors (Lipinski definition) is 6. The summed E-state index contributed by atoms with van der Waals surface area (Å²) in [6, 6.07) is 3.19. The van der Waals surface area contributed by atoms with Gasteiger partial charge in [-0.15, -0.1) is 0 Å². The molecule has 2 N–H and O–H groups in total. The van der Waals surface area contributed by atoms with Crippen molar-refractivity contribution in [3.63, 3.8) is 0 Å². The molecule has 0 saturated heterocycles. The molecule has 0 spiro atoms. The molecule has 198 valence electrons. The van der Waals surface area contributed by atoms with Crippen molar-refractivity contribution in [3.8, 4) is 17.7 Å². The number of carbonyl (C=O) groups excluding carboxylic acids is 2. The fourth-order valence-electron chi connectivity index (χ4n) is 3.76. The average molecular weight is 517 g/mol. The molecule has 3 atom stereocenters. The summed E-state index contributed by atoms with van der Waals surface area (Å²) in [7, 11) is 3.01. The molecule has 1 aromatic heterocycles. The van der Waals surface area contributed by atoms with E-state index in [0.717, 1.165) is 18.2 Å². The number of urea groups is 1. The minimum Gasteiger partial charge on any atom is -0.472 e. The van der Waals surface area contributed by atoms with Gasteiger partial charge in [-0.2, -0.15) is 0 Å². The van der Waals surface area contributed by atoms with Gasteiger partial charge in [0.2, 0.25) is 5.88 Å². The fourth-order valence-corrected chi connectivity index (χ4v) is 3.76. The molecule has 1 aliphatic rings. The predicted molar refractivity (Wildman–Crippen MR) is 132 cm³/mol. The molecule has 2 heterocycles. The first kappa shape index (κ1) is 27.8. The lowest BCUT2D eigenvalue weighted by Gasteiger charge is -2.37. The summed E-state index contributed by atoms with van der Waals surface area (Å²) < 4.78 is 38.5. The highest BCUT2D eigenvalue weighted by Crippen LogP contribution is 2.27. The number of fused-ring (bicyclic) bond motifs is 1. The van der Waals surface area contributed by atoms with Crippen LogP contribution in [0.3, 0.4) is 0 Å². The first-order chi connectivity index (χ1) is 17.6. The Labute approximate surface area is 214 Å². The Balaban J connectivity index is 1.88. The molecule has 3 amide bonds. The van der Waals surface area contributed by atoms with E-state index in [1.807, 2.05) is 6.92 Å². The van der Waals surface area contributed by atoms with Gasteiger partial charge in [0, 0.05) is 44.4 Å². The summed E-state index contributed by atoms with van der Waals surface area (Å²) in [4.78, 5) is 33.3. The number of aromatic nitrogens is 1. The second-order valence-corrected chi connectivity index (χ2v) is 8.87. The molecule has 2 aromatic rings. The molecule has 0 bridgehead atoms. The topological polar surface area (TPSA) is 104 Å². The largest absolute Gasteiger partial charge is 0.472 e. The second kappa shape index (κ2) is 12.5. The first-order valence-electron chi connectivity index (χ1n) is 11.7. The molecule has 0 unspecified atom stereocenters. The Morgan fingerprint density at radius 1 is 1.41 bits per heavy atom. The first-order valence-corrected chi connectivity index (χ1v) is 11.7. The summed E-state index contributed by atoms with van der Waals surface area (Å²) in [6.45, 7) is 3.83. The van der Waals surface area contributed by atoms with Gasteiger partial charge in [-0.25, -0.2) is 18.6 Å². The van der Waals surface area contributed by atoms with E-state index in [4.69, 9.17) is 9.47 Å². The van der Waals surface area contributed by atoms with Crippen molar-refractivity contribution in [2.24, 2.45) is 5.92 Å². The van der Waals surface area contributed by atoms with Crippen molar-refractivity contribution in [1.82, 2.24) is 14.8 Å². The number of rotatable bonds is 6. The molecule has 0 radical (unpaired) electrons. The molecule has 0 aliphatic carbocycles. The molecule has 0 saturated carbocycles. The van der Waals surface area contributed by atoms with Gasteiger partial charge in [-0.05, 0) is 25.1 Å². The molecule has 1 aliphatic heterocycles. The van der Waals surface area contributed by atoms with Crippen molar-refractivity contribution in [3.05, 3.63) is 53.2 Å². The van der Waals surface area contributed by atoms with Crippen molar-refractivity contribution < 1.29 is 33.0 Å². The van der Waals surface area contributed by atoms with Crippen molar-refractivity contribution in [2.45, 2.75) is 26.0 Å². The van der Waals surface area contributed by atoms with Crippen LogP contribution in [0, 0.1) is 29.4 Å². The lowest BCUT2D eigenvalue weighted by Crippen LogP contribution is -2.50. The lowest BCUT2D eigenvalue weighted by atomic mass is 10.00. The quantitative estimate of drug-likeness (QED) is 0.573. The highest BCUT2D eigenvalue weighted by molar-refractivity contribution is 5.97. The van der Waals surface area contributed by atoms with Crippen LogP contribution in [-0.2, 0) is 4.74 Å². The maximum absolute atomic E-state index is 14.0. The molecular weight excluding hydrogens is 486 g/mol. The lowest BCUT2D eigenvalue weighted by molar-refractivity contribution is 0.0356. The van der Waals surface area contributed by atoms with Gasteiger partial charge in [0.15, 0.2) is 0 Å². The summed E-state index contributed by atoms with van der Waals surface area (Å²) in [5.74, 6) is 3.65. The van der Waals surface area contributed by atoms with Crippen molar-refractivity contribution in [2.75, 3.05) is 45.8 Å². The number of nitrogens with one attached hydrogen (secondary N) is 1. The number of hydrogen-bond donors (Lipinski definition) is 2. The van der Waals surface area contributed by atoms with Gasteiger partial charge in [0.1, 0.15) is 29.9 Å². The normalized spacial score (nSPS) is 17.9. The van der Waals surface area contributed by atoms with E-state index in [1.165, 1.54) is 30.2 Å². The minimum absolute atomic E-state index is 0.0516. The monoisotopic (exact) mass is 516 g/mol. The molecule has 11 heteroatoms. The average Bonchev–Trinajstić information content (AvgIpc) is 2.88. The number of pyridine rings is 1. The maximum Gasteiger partial charge on any atom is 0.321 e. The summed E-state index contributed by atoms with van der Waals surface area (Å²) >= 11 is 0. The van der Waals surface area contributed by atoms with E-state index in [1.54, 1.807) is 13.0 Å². The number of aliphatic hydroxyl groups is 1. The fraction of sp³-hybridized carbons (Fsp3) is 0.423. The highest BCUT2D eigenvalue weighted by Gasteiger charge is 2.34. The molecule has 3 rings (SSSR count). The number of benzene rings is 1. The Hall–Kier alpha value is -3.75. The third-order valence-corrected chi connectivity index (χ3v) is 5.94. The third kappa shape index (κ3) is 6.93. The van der Waals surface area contributed by atoms with Crippen LogP contribution < -0.4 is 10.1 Å². The van der Waals surface area contributed by atoms with Gasteiger partial charge in [-0.1, -0.05) is 18.8 Å². The van der Waals surface area contributed by atoms with Crippen LogP contribution >= 0.6 is 0 Å². The Morgan fingerprint density at radius 2 is 2.16 bits per heavy atom. The van der Waals surface area contributed by atoms with Crippen LogP contribution in [0.2, 0.25) is 0 Å². The van der Waals surface area contributed by atoms with Crippen LogP contribution in [-0.4, -0.2) is 84.4 Å². The number of aliphatic hydroxyl groups excluding tert-OH is 1. The standard InChI is InChI=1S/C26H30F2N4O5/c1-16-13-32(17(2)15-33)25(34)20-10-18(6-5-9-36-4)12-29-24(20)37-23(16)14-31(3)26(35)30-22-11-19(27)7-8-21(22)28/h7-8,10-12,16-17,23,33H,9,13-15H2,1-4H3,(H,30,35)/t16-,17-,23+/m0/s1. The molecule has 9 nitrogen and oxygen atoms in total. The Bertz CT molecular complexity index is 1200. The zero-order valence-electron chi connectivity index (χ0n) is 21.1. The summed E-state index contributed by atoms with van der Waals surface area (Å²) in [6.07, 6.45) is 0.854. The molecule has 37 heavy (non-hydrogen) atoms. The number of ether oxygens (including phenoxy) is 2. The number of halogens is 2. The summed E-state index contributed by atoms with van der Waals surface area (Å²) in [5.41, 5.74) is 0.379. The van der Waals surface area contributed by atoms with Crippen LogP contribution in [0.15, 0.2) is 30.5 Å². The molecule has 0 fully saturated rings. The van der Waals surface area contributed by atoms with Gasteiger partial charge in [-0.3, -0.25) is 4.79 Å². The second-order valence-electron chi connectivity index (χ2n) is 8.87. The molecule has 1 aromatic carbocycles. The smallest absolute Gasteiger partial charge is 0.321 e. The predicted octanol–water partition coefficient (Wildman–Crippen LogP) is 2.74. The summed E-state index contributed by atoms with van der Waals surface area (Å²) in [5, 5.41) is 12.1. The van der Waals surface area contributed by atoms with Gasteiger partial charge in [0.05, 0.1) is 24.9 Å². The van der Waals surface area contributed by atoms with E-state index in [2.05, 4.69) is 22.1 Å². The highest BCUT2D eigenvalue weighted by atomic mass is 19.1. The van der Waals surface area contributed by atoms with Crippen molar-refractivity contribution in [1.29, 1.82) is 0 Å². The number of nitrogens with zero attached hydrogens (tertiary/aromatic N) is 3. The Morgan fingerprint density at radius 3 is 2.86 bits per heavy atom. The maximum atomic E-state index is 14.0. The SMILES string of the molecule is COCC#Cc1cnc2c(c1)C(=O)N([C@@H](C)CO)C[C@H](C)[C@@H](CN(C)C(=O)Nc1cc(F)ccc1F)O2. The van der Waals surface area contributed by atoms with Gasteiger partial charge < -0.3 is 29.7 Å². The number of carbonyl (C=O) groups is 2. The van der Waals surface area contributed by atoms with Crippen LogP contribution in [0.5, 0.6) is 5.88 Å². The van der Waals surface area contributed by atoms with E-state index < -0.39 is 29.8 Å². The van der Waals surface area contributed by atoms with E-state index in [-0.39, 0.29) is 55.3 Å². The number of anilines is 1. The van der Waals surface area contributed by atoms with Gasteiger partial charge in [0.25, 0.3) is 5.91 Å².